The normalized spacial score (nSPS) is 10.6. The van der Waals surface area contributed by atoms with Crippen molar-refractivity contribution in [1.82, 2.24) is 9.97 Å². The van der Waals surface area contributed by atoms with E-state index in [0.29, 0.717) is 10.8 Å². The summed E-state index contributed by atoms with van der Waals surface area (Å²) in [5, 5.41) is 1.36. The molecule has 0 spiro atoms. The van der Waals surface area contributed by atoms with Crippen LogP contribution in [0.25, 0.3) is 10.9 Å². The fraction of sp³-hybridized carbons (Fsp3) is 0.200. The molecule has 15 heavy (non-hydrogen) atoms. The first-order valence-corrected chi connectivity index (χ1v) is 5.05. The minimum Gasteiger partial charge on any atom is -0.308 e. The lowest BCUT2D eigenvalue weighted by Crippen LogP contribution is -2.11. The molecular formula is C10H11ClN4. The number of hydrazine groups is 1. The largest absolute Gasteiger partial charge is 0.308 e. The number of fused-ring (bicyclic) bond motifs is 1. The van der Waals surface area contributed by atoms with Gasteiger partial charge in [0.1, 0.15) is 5.82 Å². The molecule has 0 unspecified atom stereocenters. The second-order valence-corrected chi connectivity index (χ2v) is 3.53. The summed E-state index contributed by atoms with van der Waals surface area (Å²) in [6, 6.07) is 5.54. The molecule has 4 nitrogen and oxygen atoms in total. The highest BCUT2D eigenvalue weighted by molar-refractivity contribution is 6.36. The van der Waals surface area contributed by atoms with Gasteiger partial charge in [-0.2, -0.15) is 0 Å². The highest BCUT2D eigenvalue weighted by Crippen LogP contribution is 2.27. The van der Waals surface area contributed by atoms with E-state index in [1.165, 1.54) is 0 Å². The molecule has 0 aliphatic heterocycles. The number of anilines is 1. The van der Waals surface area contributed by atoms with Gasteiger partial charge in [0, 0.05) is 6.42 Å². The molecule has 0 fully saturated rings. The second kappa shape index (κ2) is 4.00. The van der Waals surface area contributed by atoms with Crippen molar-refractivity contribution < 1.29 is 0 Å². The Bertz CT molecular complexity index is 498. The second-order valence-electron chi connectivity index (χ2n) is 3.12. The van der Waals surface area contributed by atoms with Gasteiger partial charge in [-0.25, -0.2) is 15.8 Å². The molecule has 1 aromatic carbocycles. The Morgan fingerprint density at radius 3 is 2.87 bits per heavy atom. The van der Waals surface area contributed by atoms with E-state index < -0.39 is 0 Å². The summed E-state index contributed by atoms with van der Waals surface area (Å²) in [6.45, 7) is 1.99. The van der Waals surface area contributed by atoms with E-state index >= 15 is 0 Å². The van der Waals surface area contributed by atoms with Crippen LogP contribution in [0.4, 0.5) is 5.82 Å². The Morgan fingerprint density at radius 2 is 2.20 bits per heavy atom. The minimum absolute atomic E-state index is 0.572. The third kappa shape index (κ3) is 1.73. The van der Waals surface area contributed by atoms with Gasteiger partial charge in [-0.05, 0) is 12.1 Å². The van der Waals surface area contributed by atoms with Gasteiger partial charge >= 0.3 is 0 Å². The number of nitrogen functional groups attached to an aromatic ring is 1. The molecule has 0 aliphatic carbocycles. The molecule has 1 heterocycles. The number of nitrogens with two attached hydrogens (primary N) is 1. The fourth-order valence-corrected chi connectivity index (χ4v) is 1.71. The van der Waals surface area contributed by atoms with Crippen molar-refractivity contribution in [2.24, 2.45) is 5.84 Å². The zero-order valence-corrected chi connectivity index (χ0v) is 9.04. The van der Waals surface area contributed by atoms with E-state index in [1.54, 1.807) is 6.07 Å². The molecular weight excluding hydrogens is 212 g/mol. The maximum Gasteiger partial charge on any atom is 0.153 e. The monoisotopic (exact) mass is 222 g/mol. The van der Waals surface area contributed by atoms with Crippen LogP contribution in [0.2, 0.25) is 5.02 Å². The van der Waals surface area contributed by atoms with E-state index in [9.17, 15) is 0 Å². The summed E-state index contributed by atoms with van der Waals surface area (Å²) >= 11 is 6.06. The van der Waals surface area contributed by atoms with Gasteiger partial charge in [-0.15, -0.1) is 0 Å². The Balaban J connectivity index is 2.81. The number of rotatable bonds is 2. The molecule has 0 amide bonds. The predicted molar refractivity (Wildman–Crippen MR) is 61.7 cm³/mol. The van der Waals surface area contributed by atoms with E-state index in [-0.39, 0.29) is 0 Å². The van der Waals surface area contributed by atoms with E-state index in [1.807, 2.05) is 19.1 Å². The molecule has 78 valence electrons. The highest BCUT2D eigenvalue weighted by Gasteiger charge is 2.08. The lowest BCUT2D eigenvalue weighted by Gasteiger charge is -2.07. The third-order valence-electron chi connectivity index (χ3n) is 2.17. The first-order chi connectivity index (χ1) is 7.26. The van der Waals surface area contributed by atoms with Crippen molar-refractivity contribution >= 4 is 28.3 Å². The number of hydrogen-bond acceptors (Lipinski definition) is 4. The van der Waals surface area contributed by atoms with Gasteiger partial charge in [0.15, 0.2) is 5.82 Å². The molecule has 2 aromatic rings. The summed E-state index contributed by atoms with van der Waals surface area (Å²) in [5.41, 5.74) is 3.36. The predicted octanol–water partition coefficient (Wildman–Crippen LogP) is 2.13. The van der Waals surface area contributed by atoms with E-state index in [0.717, 1.165) is 23.1 Å². The van der Waals surface area contributed by atoms with Crippen LogP contribution < -0.4 is 11.3 Å². The molecule has 0 atom stereocenters. The Kier molecular flexibility index (Phi) is 2.70. The van der Waals surface area contributed by atoms with Crippen molar-refractivity contribution in [3.05, 3.63) is 29.0 Å². The number of halogens is 1. The Labute approximate surface area is 92.4 Å². The van der Waals surface area contributed by atoms with Crippen LogP contribution in [-0.2, 0) is 6.42 Å². The van der Waals surface area contributed by atoms with E-state index in [2.05, 4.69) is 15.4 Å². The van der Waals surface area contributed by atoms with Crippen LogP contribution in [0.3, 0.4) is 0 Å². The number of aromatic nitrogens is 2. The summed E-state index contributed by atoms with van der Waals surface area (Å²) < 4.78 is 0. The molecule has 0 aliphatic rings. The van der Waals surface area contributed by atoms with Gasteiger partial charge in [0.2, 0.25) is 0 Å². The number of nitrogens with zero attached hydrogens (tertiary/aromatic N) is 2. The zero-order valence-electron chi connectivity index (χ0n) is 8.29. The van der Waals surface area contributed by atoms with E-state index in [4.69, 9.17) is 17.4 Å². The summed E-state index contributed by atoms with van der Waals surface area (Å²) in [5.74, 6) is 6.73. The average Bonchev–Trinajstić information content (AvgIpc) is 2.27. The Morgan fingerprint density at radius 1 is 1.40 bits per heavy atom. The molecule has 0 saturated heterocycles. The van der Waals surface area contributed by atoms with Crippen LogP contribution in [0.15, 0.2) is 18.2 Å². The maximum atomic E-state index is 6.06. The maximum absolute atomic E-state index is 6.06. The number of hydrogen-bond donors (Lipinski definition) is 2. The van der Waals surface area contributed by atoms with Crippen molar-refractivity contribution in [2.45, 2.75) is 13.3 Å². The summed E-state index contributed by atoms with van der Waals surface area (Å²) in [7, 11) is 0. The van der Waals surface area contributed by atoms with Gasteiger partial charge < -0.3 is 5.43 Å². The molecule has 0 radical (unpaired) electrons. The molecule has 5 heteroatoms. The van der Waals surface area contributed by atoms with Gasteiger partial charge in [-0.3, -0.25) is 0 Å². The first-order valence-electron chi connectivity index (χ1n) is 4.68. The molecule has 0 bridgehead atoms. The van der Waals surface area contributed by atoms with Crippen molar-refractivity contribution in [2.75, 3.05) is 5.43 Å². The molecule has 1 aromatic heterocycles. The van der Waals surface area contributed by atoms with Gasteiger partial charge in [-0.1, -0.05) is 24.6 Å². The van der Waals surface area contributed by atoms with Crippen LogP contribution in [-0.4, -0.2) is 9.97 Å². The van der Waals surface area contributed by atoms with Gasteiger partial charge in [0.05, 0.1) is 15.9 Å². The number of aryl methyl sites for hydroxylation is 1. The Hall–Kier alpha value is -1.39. The molecule has 0 saturated carbocycles. The summed E-state index contributed by atoms with van der Waals surface area (Å²) in [6.07, 6.45) is 0.761. The van der Waals surface area contributed by atoms with Crippen LogP contribution in [0.5, 0.6) is 0 Å². The van der Waals surface area contributed by atoms with Gasteiger partial charge in [0.25, 0.3) is 0 Å². The number of nitrogens with one attached hydrogen (secondary N) is 1. The lowest BCUT2D eigenvalue weighted by atomic mass is 10.2. The van der Waals surface area contributed by atoms with Crippen molar-refractivity contribution in [3.63, 3.8) is 0 Å². The number of benzene rings is 1. The quantitative estimate of drug-likeness (QED) is 0.604. The summed E-state index contributed by atoms with van der Waals surface area (Å²) in [4.78, 5) is 8.64. The SMILES string of the molecule is CCc1nc(NN)c2c(Cl)cccc2n1. The van der Waals surface area contributed by atoms with Crippen LogP contribution in [0.1, 0.15) is 12.7 Å². The standard InChI is InChI=1S/C10H11ClN4/c1-2-8-13-7-5-3-4-6(11)9(7)10(14-8)15-12/h3-5H,2,12H2,1H3,(H,13,14,15). The van der Waals surface area contributed by atoms with Crippen LogP contribution in [0, 0.1) is 0 Å². The zero-order chi connectivity index (χ0) is 10.8. The smallest absolute Gasteiger partial charge is 0.153 e. The average molecular weight is 223 g/mol. The highest BCUT2D eigenvalue weighted by atomic mass is 35.5. The van der Waals surface area contributed by atoms with Crippen molar-refractivity contribution in [1.29, 1.82) is 0 Å². The molecule has 3 N–H and O–H groups in total. The third-order valence-corrected chi connectivity index (χ3v) is 2.49. The molecule has 2 rings (SSSR count). The lowest BCUT2D eigenvalue weighted by molar-refractivity contribution is 0.959. The first kappa shape index (κ1) is 10.1. The topological polar surface area (TPSA) is 63.8 Å². The fourth-order valence-electron chi connectivity index (χ4n) is 1.45. The van der Waals surface area contributed by atoms with Crippen molar-refractivity contribution in [3.8, 4) is 0 Å². The van der Waals surface area contributed by atoms with Crippen LogP contribution >= 0.6 is 11.6 Å². The minimum atomic E-state index is 0.572.